The minimum absolute atomic E-state index is 1.10. The van der Waals surface area contributed by atoms with Crippen molar-refractivity contribution < 1.29 is 0 Å². The van der Waals surface area contributed by atoms with Crippen molar-refractivity contribution in [2.75, 3.05) is 29.5 Å². The first kappa shape index (κ1) is 20.3. The van der Waals surface area contributed by atoms with Gasteiger partial charge in [-0.25, -0.2) is 0 Å². The van der Waals surface area contributed by atoms with Gasteiger partial charge in [0, 0.05) is 47.5 Å². The Bertz CT molecular complexity index is 913. The van der Waals surface area contributed by atoms with E-state index in [0.717, 1.165) is 13.1 Å². The van der Waals surface area contributed by atoms with Crippen LogP contribution in [-0.2, 0) is 6.42 Å². The second kappa shape index (κ2) is 10.7. The Balaban J connectivity index is 0.000000109. The van der Waals surface area contributed by atoms with E-state index in [2.05, 4.69) is 76.3 Å². The third-order valence-electron chi connectivity index (χ3n) is 5.07. The lowest BCUT2D eigenvalue weighted by Crippen LogP contribution is -2.10. The van der Waals surface area contributed by atoms with Gasteiger partial charge >= 0.3 is 0 Å². The zero-order chi connectivity index (χ0) is 20.4. The number of hydrogen-bond donors (Lipinski definition) is 2. The van der Waals surface area contributed by atoms with Crippen molar-refractivity contribution in [1.82, 2.24) is 4.98 Å². The predicted octanol–water partition coefficient (Wildman–Crippen LogP) is 6.48. The molecule has 2 aliphatic heterocycles. The minimum atomic E-state index is 1.10. The van der Waals surface area contributed by atoms with Gasteiger partial charge < -0.3 is 10.6 Å². The van der Waals surface area contributed by atoms with Crippen molar-refractivity contribution in [1.29, 1.82) is 0 Å². The molecule has 3 nitrogen and oxygen atoms in total. The highest BCUT2D eigenvalue weighted by atomic mass is 32.2. The number of nitrogens with zero attached hydrogens (tertiary/aromatic N) is 1. The maximum absolute atomic E-state index is 4.01. The molecule has 0 amide bonds. The van der Waals surface area contributed by atoms with Crippen molar-refractivity contribution in [3.05, 3.63) is 96.8 Å². The first-order chi connectivity index (χ1) is 14.9. The van der Waals surface area contributed by atoms with Gasteiger partial charge in [-0.15, -0.1) is 11.8 Å². The fraction of sp³-hybridized carbons (Fsp3) is 0.192. The molecule has 3 aromatic carbocycles. The van der Waals surface area contributed by atoms with Gasteiger partial charge in [0.25, 0.3) is 0 Å². The van der Waals surface area contributed by atoms with Crippen molar-refractivity contribution >= 4 is 33.9 Å². The molecule has 4 heteroatoms. The Hall–Kier alpha value is -2.98. The molecule has 0 saturated carbocycles. The molecule has 0 atom stereocenters. The monoisotopic (exact) mass is 413 g/mol. The summed E-state index contributed by atoms with van der Waals surface area (Å²) in [5.74, 6) is 1.19. The molecule has 6 rings (SSSR count). The number of thioether (sulfide) groups is 1. The van der Waals surface area contributed by atoms with Crippen LogP contribution in [0.5, 0.6) is 0 Å². The number of nitrogens with one attached hydrogen (secondary N) is 2. The van der Waals surface area contributed by atoms with Crippen LogP contribution in [0.15, 0.2) is 96.2 Å². The zero-order valence-electron chi connectivity index (χ0n) is 17.1. The third kappa shape index (κ3) is 5.55. The van der Waals surface area contributed by atoms with Crippen LogP contribution in [0.25, 0.3) is 10.8 Å². The number of rotatable bonds is 0. The van der Waals surface area contributed by atoms with E-state index in [1.165, 1.54) is 51.2 Å². The molecule has 0 saturated heterocycles. The smallest absolute Gasteiger partial charge is 0.0478 e. The van der Waals surface area contributed by atoms with E-state index in [9.17, 15) is 0 Å². The molecular formula is C26H27N3S. The van der Waals surface area contributed by atoms with Gasteiger partial charge in [0.15, 0.2) is 0 Å². The zero-order valence-corrected chi connectivity index (χ0v) is 17.9. The number of aromatic nitrogens is 1. The van der Waals surface area contributed by atoms with Gasteiger partial charge in [0.1, 0.15) is 0 Å². The lowest BCUT2D eigenvalue weighted by Gasteiger charge is -2.16. The highest BCUT2D eigenvalue weighted by Crippen LogP contribution is 2.29. The van der Waals surface area contributed by atoms with Crippen LogP contribution in [0.1, 0.15) is 12.0 Å². The molecule has 0 unspecified atom stereocenters. The van der Waals surface area contributed by atoms with Crippen LogP contribution in [0.4, 0.5) is 11.4 Å². The number of fused-ring (bicyclic) bond motifs is 3. The van der Waals surface area contributed by atoms with Crippen LogP contribution in [-0.4, -0.2) is 23.8 Å². The van der Waals surface area contributed by atoms with E-state index in [4.69, 9.17) is 0 Å². The normalized spacial score (nSPS) is 13.7. The summed E-state index contributed by atoms with van der Waals surface area (Å²) in [4.78, 5) is 5.40. The molecular weight excluding hydrogens is 386 g/mol. The number of pyridine rings is 1. The molecule has 0 fully saturated rings. The van der Waals surface area contributed by atoms with Crippen molar-refractivity contribution in [3.8, 4) is 0 Å². The van der Waals surface area contributed by atoms with Crippen LogP contribution in [0.3, 0.4) is 0 Å². The molecule has 0 bridgehead atoms. The Morgan fingerprint density at radius 2 is 1.43 bits per heavy atom. The summed E-state index contributed by atoms with van der Waals surface area (Å²) in [6.07, 6.45) is 6.19. The summed E-state index contributed by atoms with van der Waals surface area (Å²) in [5.41, 5.74) is 4.08. The summed E-state index contributed by atoms with van der Waals surface area (Å²) in [6, 6.07) is 27.2. The van der Waals surface area contributed by atoms with Crippen LogP contribution in [0, 0.1) is 0 Å². The van der Waals surface area contributed by atoms with E-state index < -0.39 is 0 Å². The van der Waals surface area contributed by atoms with Crippen LogP contribution in [0.2, 0.25) is 0 Å². The van der Waals surface area contributed by atoms with Crippen molar-refractivity contribution in [2.45, 2.75) is 17.7 Å². The fourth-order valence-corrected chi connectivity index (χ4v) is 4.42. The minimum Gasteiger partial charge on any atom is -0.385 e. The lowest BCUT2D eigenvalue weighted by molar-refractivity contribution is 0.830. The van der Waals surface area contributed by atoms with Crippen molar-refractivity contribution in [2.24, 2.45) is 0 Å². The van der Waals surface area contributed by atoms with Gasteiger partial charge in [-0.3, -0.25) is 4.98 Å². The Morgan fingerprint density at radius 3 is 2.27 bits per heavy atom. The molecule has 0 spiro atoms. The first-order valence-electron chi connectivity index (χ1n) is 10.5. The van der Waals surface area contributed by atoms with E-state index in [0.29, 0.717) is 0 Å². The topological polar surface area (TPSA) is 37.0 Å². The van der Waals surface area contributed by atoms with Gasteiger partial charge in [-0.2, -0.15) is 0 Å². The molecule has 30 heavy (non-hydrogen) atoms. The molecule has 0 radical (unpaired) electrons. The van der Waals surface area contributed by atoms with Crippen molar-refractivity contribution in [3.63, 3.8) is 0 Å². The number of benzene rings is 3. The Kier molecular flexibility index (Phi) is 7.24. The SMILES string of the molecule is c1ccc2c(c1)CCCN2.c1ccc2c(c1)NCCS2.c1ccc2cnccc2c1. The van der Waals surface area contributed by atoms with E-state index in [-0.39, 0.29) is 0 Å². The summed E-state index contributed by atoms with van der Waals surface area (Å²) in [7, 11) is 0. The number of anilines is 2. The maximum Gasteiger partial charge on any atom is 0.0478 e. The van der Waals surface area contributed by atoms with Gasteiger partial charge in [-0.1, -0.05) is 54.6 Å². The molecule has 4 aromatic rings. The second-order valence-corrected chi connectivity index (χ2v) is 8.32. The van der Waals surface area contributed by atoms with E-state index in [1.807, 2.05) is 42.4 Å². The second-order valence-electron chi connectivity index (χ2n) is 7.18. The molecule has 2 N–H and O–H groups in total. The summed E-state index contributed by atoms with van der Waals surface area (Å²) >= 11 is 1.93. The number of para-hydroxylation sites is 2. The predicted molar refractivity (Wildman–Crippen MR) is 131 cm³/mol. The number of aryl methyl sites for hydroxylation is 1. The van der Waals surface area contributed by atoms with E-state index in [1.54, 1.807) is 0 Å². The quantitative estimate of drug-likeness (QED) is 0.346. The number of hydrogen-bond acceptors (Lipinski definition) is 4. The molecule has 3 heterocycles. The summed E-state index contributed by atoms with van der Waals surface area (Å²) < 4.78 is 0. The highest BCUT2D eigenvalue weighted by Gasteiger charge is 2.06. The summed E-state index contributed by atoms with van der Waals surface area (Å²) in [6.45, 7) is 2.23. The molecule has 152 valence electrons. The summed E-state index contributed by atoms with van der Waals surface area (Å²) in [5, 5.41) is 9.15. The largest absolute Gasteiger partial charge is 0.385 e. The van der Waals surface area contributed by atoms with Gasteiger partial charge in [0.2, 0.25) is 0 Å². The van der Waals surface area contributed by atoms with Crippen LogP contribution < -0.4 is 10.6 Å². The average molecular weight is 414 g/mol. The highest BCUT2D eigenvalue weighted by molar-refractivity contribution is 7.99. The third-order valence-corrected chi connectivity index (χ3v) is 6.14. The lowest BCUT2D eigenvalue weighted by atomic mass is 10.0. The molecule has 2 aliphatic rings. The molecule has 0 aliphatic carbocycles. The average Bonchev–Trinajstić information content (AvgIpc) is 2.85. The Morgan fingerprint density at radius 1 is 0.700 bits per heavy atom. The fourth-order valence-electron chi connectivity index (χ4n) is 3.52. The van der Waals surface area contributed by atoms with E-state index >= 15 is 0 Å². The van der Waals surface area contributed by atoms with Gasteiger partial charge in [0.05, 0.1) is 0 Å². The Labute approximate surface area is 182 Å². The van der Waals surface area contributed by atoms with Crippen LogP contribution >= 0.6 is 11.8 Å². The molecule has 1 aromatic heterocycles. The first-order valence-corrected chi connectivity index (χ1v) is 11.4. The standard InChI is InChI=1S/C9H11N.C9H7N.C8H9NS/c1-2-6-9-8(4-1)5-3-7-10-9;1-2-4-9-7-10-6-5-8(9)3-1;1-2-4-8-7(3-1)9-5-6-10-8/h1-2,4,6,10H,3,5,7H2;1-7H;1-4,9H,5-6H2. The maximum atomic E-state index is 4.01. The van der Waals surface area contributed by atoms with Gasteiger partial charge in [-0.05, 0) is 53.4 Å².